The summed E-state index contributed by atoms with van der Waals surface area (Å²) in [4.78, 5) is 25.1. The van der Waals surface area contributed by atoms with Gasteiger partial charge in [-0.3, -0.25) is 4.79 Å². The van der Waals surface area contributed by atoms with Gasteiger partial charge in [0.15, 0.2) is 5.13 Å². The van der Waals surface area contributed by atoms with Crippen molar-refractivity contribution in [3.05, 3.63) is 64.5 Å². The van der Waals surface area contributed by atoms with E-state index in [1.807, 2.05) is 36.9 Å². The zero-order chi connectivity index (χ0) is 21.8. The molecule has 0 aliphatic carbocycles. The van der Waals surface area contributed by atoms with Crippen molar-refractivity contribution in [1.29, 1.82) is 0 Å². The molecule has 6 nitrogen and oxygen atoms in total. The number of pyridine rings is 1. The van der Waals surface area contributed by atoms with E-state index in [0.717, 1.165) is 35.2 Å². The molecule has 31 heavy (non-hydrogen) atoms. The van der Waals surface area contributed by atoms with Crippen LogP contribution in [0.1, 0.15) is 41.6 Å². The fraction of sp³-hybridized carbons (Fsp3) is 0.348. The Hall–Kier alpha value is -3.00. The molecule has 1 saturated heterocycles. The molecular weight excluding hydrogens is 415 g/mol. The largest absolute Gasteiger partial charge is 0.493 e. The van der Waals surface area contributed by atoms with Gasteiger partial charge in [-0.2, -0.15) is 0 Å². The Morgan fingerprint density at radius 2 is 2.10 bits per heavy atom. The summed E-state index contributed by atoms with van der Waals surface area (Å²) in [7, 11) is 0. The van der Waals surface area contributed by atoms with Crippen LogP contribution in [0.3, 0.4) is 0 Å². The first kappa shape index (κ1) is 21.2. The van der Waals surface area contributed by atoms with Crippen molar-refractivity contribution in [2.75, 3.05) is 18.5 Å². The molecule has 1 atom stereocenters. The van der Waals surface area contributed by atoms with Gasteiger partial charge >= 0.3 is 0 Å². The van der Waals surface area contributed by atoms with Gasteiger partial charge in [0.05, 0.1) is 30.5 Å². The number of nitrogens with zero attached hydrogens (tertiary/aromatic N) is 3. The van der Waals surface area contributed by atoms with Crippen molar-refractivity contribution in [3.63, 3.8) is 0 Å². The number of rotatable bonds is 7. The predicted octanol–water partition coefficient (Wildman–Crippen LogP) is 5.17. The normalized spacial score (nSPS) is 15.8. The molecule has 1 aromatic carbocycles. The van der Waals surface area contributed by atoms with E-state index in [-0.39, 0.29) is 30.8 Å². The van der Waals surface area contributed by atoms with Gasteiger partial charge in [0.25, 0.3) is 0 Å². The van der Waals surface area contributed by atoms with Crippen LogP contribution in [0.15, 0.2) is 42.5 Å². The van der Waals surface area contributed by atoms with Crippen molar-refractivity contribution in [2.45, 2.75) is 39.2 Å². The van der Waals surface area contributed by atoms with Crippen LogP contribution >= 0.6 is 11.3 Å². The fourth-order valence-corrected chi connectivity index (χ4v) is 4.49. The molecule has 0 saturated carbocycles. The number of carbonyl (C=O) groups is 1. The van der Waals surface area contributed by atoms with E-state index < -0.39 is 0 Å². The number of hydrogen-bond donors (Lipinski definition) is 1. The molecule has 162 valence electrons. The van der Waals surface area contributed by atoms with E-state index in [0.29, 0.717) is 12.3 Å². The summed E-state index contributed by atoms with van der Waals surface area (Å²) in [5.74, 6) is 0.815. The Balaban J connectivity index is 1.38. The molecule has 4 rings (SSSR count). The molecule has 0 spiro atoms. The van der Waals surface area contributed by atoms with Gasteiger partial charge in [-0.25, -0.2) is 14.4 Å². The second kappa shape index (κ2) is 9.43. The van der Waals surface area contributed by atoms with E-state index in [2.05, 4.69) is 10.3 Å². The molecule has 0 bridgehead atoms. The van der Waals surface area contributed by atoms with Crippen molar-refractivity contribution >= 4 is 28.2 Å². The number of nitrogens with one attached hydrogen (secondary N) is 1. The lowest BCUT2D eigenvalue weighted by Gasteiger charge is -2.24. The van der Waals surface area contributed by atoms with Crippen molar-refractivity contribution in [2.24, 2.45) is 0 Å². The maximum atomic E-state index is 13.3. The first-order valence-electron chi connectivity index (χ1n) is 10.4. The number of ether oxygens (including phenoxy) is 1. The van der Waals surface area contributed by atoms with Crippen molar-refractivity contribution in [1.82, 2.24) is 14.9 Å². The van der Waals surface area contributed by atoms with Gasteiger partial charge < -0.3 is 15.0 Å². The summed E-state index contributed by atoms with van der Waals surface area (Å²) in [5, 5.41) is 4.09. The molecule has 1 aliphatic rings. The van der Waals surface area contributed by atoms with Crippen LogP contribution in [-0.2, 0) is 4.79 Å². The van der Waals surface area contributed by atoms with Gasteiger partial charge in [0.2, 0.25) is 5.91 Å². The smallest absolute Gasteiger partial charge is 0.226 e. The highest BCUT2D eigenvalue weighted by Gasteiger charge is 2.30. The molecule has 0 unspecified atom stereocenters. The fourth-order valence-electron chi connectivity index (χ4n) is 3.67. The second-order valence-electron chi connectivity index (χ2n) is 7.53. The summed E-state index contributed by atoms with van der Waals surface area (Å²) in [6.07, 6.45) is 2.05. The van der Waals surface area contributed by atoms with E-state index >= 15 is 0 Å². The van der Waals surface area contributed by atoms with Crippen LogP contribution in [0.4, 0.5) is 15.3 Å². The number of amides is 1. The number of likely N-dealkylation sites (tertiary alicyclic amines) is 1. The highest BCUT2D eigenvalue weighted by Crippen LogP contribution is 2.32. The van der Waals surface area contributed by atoms with Gasteiger partial charge in [0.1, 0.15) is 17.4 Å². The Morgan fingerprint density at radius 3 is 2.87 bits per heavy atom. The highest BCUT2D eigenvalue weighted by atomic mass is 32.1. The molecule has 1 amide bonds. The average molecular weight is 441 g/mol. The van der Waals surface area contributed by atoms with Gasteiger partial charge in [-0.15, -0.1) is 11.3 Å². The van der Waals surface area contributed by atoms with E-state index in [9.17, 15) is 9.18 Å². The molecular formula is C23H25FN4O2S. The van der Waals surface area contributed by atoms with Gasteiger partial charge in [-0.1, -0.05) is 12.1 Å². The summed E-state index contributed by atoms with van der Waals surface area (Å²) in [6, 6.07) is 11.7. The maximum absolute atomic E-state index is 13.3. The third kappa shape index (κ3) is 5.19. The lowest BCUT2D eigenvalue weighted by Crippen LogP contribution is -2.32. The lowest BCUT2D eigenvalue weighted by molar-refractivity contribution is -0.132. The Morgan fingerprint density at radius 1 is 1.26 bits per heavy atom. The van der Waals surface area contributed by atoms with Crippen molar-refractivity contribution in [3.8, 4) is 5.75 Å². The summed E-state index contributed by atoms with van der Waals surface area (Å²) < 4.78 is 18.8. The van der Waals surface area contributed by atoms with Crippen LogP contribution in [0.2, 0.25) is 0 Å². The number of benzene rings is 1. The molecule has 1 fully saturated rings. The molecule has 3 aromatic rings. The second-order valence-corrected chi connectivity index (χ2v) is 8.74. The minimum atomic E-state index is -0.355. The Labute approximate surface area is 185 Å². The molecule has 1 aliphatic heterocycles. The van der Waals surface area contributed by atoms with E-state index in [4.69, 9.17) is 9.72 Å². The summed E-state index contributed by atoms with van der Waals surface area (Å²) in [6.45, 7) is 4.94. The zero-order valence-electron chi connectivity index (χ0n) is 17.6. The molecule has 0 radical (unpaired) electrons. The van der Waals surface area contributed by atoms with Gasteiger partial charge in [0, 0.05) is 17.5 Å². The molecule has 1 N–H and O–H groups in total. The monoisotopic (exact) mass is 440 g/mol. The quantitative estimate of drug-likeness (QED) is 0.549. The van der Waals surface area contributed by atoms with Crippen molar-refractivity contribution < 1.29 is 13.9 Å². The minimum Gasteiger partial charge on any atom is -0.493 e. The summed E-state index contributed by atoms with van der Waals surface area (Å²) >= 11 is 1.60. The van der Waals surface area contributed by atoms with E-state index in [1.54, 1.807) is 23.5 Å². The molecule has 3 heterocycles. The third-order valence-corrected chi connectivity index (χ3v) is 6.32. The average Bonchev–Trinajstić information content (AvgIpc) is 3.35. The van der Waals surface area contributed by atoms with Crippen LogP contribution in [-0.4, -0.2) is 33.9 Å². The third-order valence-electron chi connectivity index (χ3n) is 5.33. The minimum absolute atomic E-state index is 0.0187. The highest BCUT2D eigenvalue weighted by molar-refractivity contribution is 7.15. The first-order valence-corrected chi connectivity index (χ1v) is 11.2. The Bertz CT molecular complexity index is 1050. The lowest BCUT2D eigenvalue weighted by atomic mass is 10.1. The first-order chi connectivity index (χ1) is 15.0. The topological polar surface area (TPSA) is 67.4 Å². The number of thiazole rings is 1. The van der Waals surface area contributed by atoms with Crippen LogP contribution in [0.5, 0.6) is 5.75 Å². The number of aryl methyl sites for hydroxylation is 2. The van der Waals surface area contributed by atoms with Crippen LogP contribution < -0.4 is 10.1 Å². The number of carbonyl (C=O) groups excluding carboxylic acids is 1. The number of anilines is 2. The molecule has 2 aromatic heterocycles. The molecule has 8 heteroatoms. The zero-order valence-corrected chi connectivity index (χ0v) is 18.4. The maximum Gasteiger partial charge on any atom is 0.226 e. The number of hydrogen-bond acceptors (Lipinski definition) is 6. The Kier molecular flexibility index (Phi) is 6.46. The van der Waals surface area contributed by atoms with Crippen LogP contribution in [0, 0.1) is 19.7 Å². The standard InChI is InChI=1S/C23H25FN4O2S/c1-15-16(2)31-23(25-15)27-21-10-4-8-19(26-21)20-9-5-12-28(20)22(29)11-13-30-18-7-3-6-17(24)14-18/h3-4,6-8,10,14,20H,5,9,11-13H2,1-2H3,(H,25,26,27)/t20-/m1/s1. The summed E-state index contributed by atoms with van der Waals surface area (Å²) in [5.41, 5.74) is 1.88. The number of halogens is 1. The van der Waals surface area contributed by atoms with E-state index in [1.165, 1.54) is 17.0 Å². The van der Waals surface area contributed by atoms with Crippen LogP contribution in [0.25, 0.3) is 0 Å². The SMILES string of the molecule is Cc1nc(Nc2cccc([C@H]3CCCN3C(=O)CCOc3cccc(F)c3)n2)sc1C. The predicted molar refractivity (Wildman–Crippen MR) is 119 cm³/mol. The number of aromatic nitrogens is 2. The van der Waals surface area contributed by atoms with Gasteiger partial charge in [-0.05, 0) is 51.0 Å².